The molecule has 1 heterocycles. The van der Waals surface area contributed by atoms with Gasteiger partial charge >= 0.3 is 0 Å². The number of likely N-dealkylation sites (tertiary alicyclic amines) is 1. The van der Waals surface area contributed by atoms with Gasteiger partial charge in [0.25, 0.3) is 0 Å². The Bertz CT molecular complexity index is 236. The first-order chi connectivity index (χ1) is 7.52. The molecule has 0 spiro atoms. The summed E-state index contributed by atoms with van der Waals surface area (Å²) in [4.78, 5) is 13.7. The van der Waals surface area contributed by atoms with Crippen molar-refractivity contribution in [2.45, 2.75) is 64.5 Å². The Morgan fingerprint density at radius 3 is 2.50 bits per heavy atom. The van der Waals surface area contributed by atoms with Gasteiger partial charge in [-0.15, -0.1) is 0 Å². The third kappa shape index (κ3) is 3.29. The van der Waals surface area contributed by atoms with Gasteiger partial charge in [-0.05, 0) is 39.2 Å². The van der Waals surface area contributed by atoms with Crippen molar-refractivity contribution >= 4 is 5.78 Å². The average Bonchev–Trinajstić information content (AvgIpc) is 2.29. The Labute approximate surface area is 98.8 Å². The van der Waals surface area contributed by atoms with E-state index in [1.807, 2.05) is 13.8 Å². The number of Topliss-reactive ketones (excluding diaryl/α,β-unsaturated/α-hetero) is 1. The van der Waals surface area contributed by atoms with Crippen LogP contribution in [0.1, 0.15) is 52.9 Å². The summed E-state index contributed by atoms with van der Waals surface area (Å²) in [5, 5.41) is 10.3. The van der Waals surface area contributed by atoms with E-state index in [9.17, 15) is 9.90 Å². The highest BCUT2D eigenvalue weighted by atomic mass is 16.3. The zero-order valence-electron chi connectivity index (χ0n) is 10.8. The SMILES string of the molecule is CCC(O)(CC)CN1CCCCC1C(C)=O. The minimum Gasteiger partial charge on any atom is -0.389 e. The molecule has 1 N–H and O–H groups in total. The Morgan fingerprint density at radius 2 is 2.00 bits per heavy atom. The molecule has 1 atom stereocenters. The van der Waals surface area contributed by atoms with E-state index in [-0.39, 0.29) is 11.8 Å². The van der Waals surface area contributed by atoms with Gasteiger partial charge in [0, 0.05) is 6.54 Å². The summed E-state index contributed by atoms with van der Waals surface area (Å²) in [6.45, 7) is 7.28. The molecule has 1 saturated heterocycles. The van der Waals surface area contributed by atoms with E-state index in [0.717, 1.165) is 38.6 Å². The number of aliphatic hydroxyl groups is 1. The number of piperidine rings is 1. The van der Waals surface area contributed by atoms with Crippen molar-refractivity contribution in [1.29, 1.82) is 0 Å². The van der Waals surface area contributed by atoms with E-state index < -0.39 is 5.60 Å². The molecule has 94 valence electrons. The van der Waals surface area contributed by atoms with Gasteiger partial charge in [0.2, 0.25) is 0 Å². The third-order valence-electron chi connectivity index (χ3n) is 3.90. The summed E-state index contributed by atoms with van der Waals surface area (Å²) >= 11 is 0. The van der Waals surface area contributed by atoms with Crippen LogP contribution < -0.4 is 0 Å². The first kappa shape index (κ1) is 13.7. The topological polar surface area (TPSA) is 40.5 Å². The van der Waals surface area contributed by atoms with Crippen molar-refractivity contribution in [3.05, 3.63) is 0 Å². The van der Waals surface area contributed by atoms with Crippen molar-refractivity contribution in [2.24, 2.45) is 0 Å². The third-order valence-corrected chi connectivity index (χ3v) is 3.90. The second-order valence-electron chi connectivity index (χ2n) is 5.02. The molecular formula is C13H25NO2. The first-order valence-electron chi connectivity index (χ1n) is 6.49. The van der Waals surface area contributed by atoms with Crippen LogP contribution in [0.3, 0.4) is 0 Å². The minimum atomic E-state index is -0.620. The number of carbonyl (C=O) groups is 1. The lowest BCUT2D eigenvalue weighted by molar-refractivity contribution is -0.125. The van der Waals surface area contributed by atoms with Gasteiger partial charge < -0.3 is 5.11 Å². The molecule has 1 unspecified atom stereocenters. The van der Waals surface area contributed by atoms with Crippen LogP contribution in [0.25, 0.3) is 0 Å². The van der Waals surface area contributed by atoms with Crippen molar-refractivity contribution < 1.29 is 9.90 Å². The zero-order valence-corrected chi connectivity index (χ0v) is 10.8. The Balaban J connectivity index is 2.65. The molecule has 0 aromatic heterocycles. The molecule has 1 aliphatic rings. The molecule has 3 nitrogen and oxygen atoms in total. The van der Waals surface area contributed by atoms with Crippen LogP contribution in [-0.2, 0) is 4.79 Å². The van der Waals surface area contributed by atoms with Crippen LogP contribution in [0, 0.1) is 0 Å². The maximum Gasteiger partial charge on any atom is 0.146 e. The molecule has 0 aliphatic carbocycles. The minimum absolute atomic E-state index is 0.0402. The summed E-state index contributed by atoms with van der Waals surface area (Å²) < 4.78 is 0. The molecule has 3 heteroatoms. The highest BCUT2D eigenvalue weighted by molar-refractivity contribution is 5.81. The average molecular weight is 227 g/mol. The molecule has 0 amide bonds. The molecule has 1 rings (SSSR count). The highest BCUT2D eigenvalue weighted by Crippen LogP contribution is 2.23. The molecular weight excluding hydrogens is 202 g/mol. The molecule has 1 aliphatic heterocycles. The van der Waals surface area contributed by atoms with Crippen LogP contribution in [-0.4, -0.2) is 40.5 Å². The number of rotatable bonds is 5. The van der Waals surface area contributed by atoms with Crippen LogP contribution in [0.5, 0.6) is 0 Å². The second kappa shape index (κ2) is 5.78. The van der Waals surface area contributed by atoms with Gasteiger partial charge in [-0.25, -0.2) is 0 Å². The summed E-state index contributed by atoms with van der Waals surface area (Å²) in [6, 6.07) is 0.0402. The van der Waals surface area contributed by atoms with Crippen molar-refractivity contribution in [3.63, 3.8) is 0 Å². The lowest BCUT2D eigenvalue weighted by Gasteiger charge is -2.39. The van der Waals surface area contributed by atoms with Gasteiger partial charge in [-0.1, -0.05) is 20.3 Å². The normalized spacial score (nSPS) is 23.4. The number of hydrogen-bond acceptors (Lipinski definition) is 3. The number of β-amino-alcohol motifs (C(OH)–C–C–N with tert-alkyl or cyclic N) is 1. The Kier molecular flexibility index (Phi) is 4.93. The van der Waals surface area contributed by atoms with Gasteiger partial charge in [0.15, 0.2) is 0 Å². The highest BCUT2D eigenvalue weighted by Gasteiger charge is 2.32. The summed E-state index contributed by atoms with van der Waals surface area (Å²) in [7, 11) is 0. The van der Waals surface area contributed by atoms with E-state index in [0.29, 0.717) is 6.54 Å². The standard InChI is InChI=1S/C13H25NO2/c1-4-13(16,5-2)10-14-9-7-6-8-12(14)11(3)15/h12,16H,4-10H2,1-3H3. The lowest BCUT2D eigenvalue weighted by atomic mass is 9.92. The number of ketones is 1. The predicted octanol–water partition coefficient (Wildman–Crippen LogP) is 1.98. The largest absolute Gasteiger partial charge is 0.389 e. The fourth-order valence-corrected chi connectivity index (χ4v) is 2.49. The number of carbonyl (C=O) groups excluding carboxylic acids is 1. The zero-order chi connectivity index (χ0) is 12.2. The van der Waals surface area contributed by atoms with Gasteiger partial charge in [-0.3, -0.25) is 9.69 Å². The van der Waals surface area contributed by atoms with Gasteiger partial charge in [-0.2, -0.15) is 0 Å². The van der Waals surface area contributed by atoms with Crippen LogP contribution in [0.2, 0.25) is 0 Å². The molecule has 0 saturated carbocycles. The summed E-state index contributed by atoms with van der Waals surface area (Å²) in [5.74, 6) is 0.245. The Morgan fingerprint density at radius 1 is 1.38 bits per heavy atom. The second-order valence-corrected chi connectivity index (χ2v) is 5.02. The fraction of sp³-hybridized carbons (Fsp3) is 0.923. The lowest BCUT2D eigenvalue weighted by Crippen LogP contribution is -2.51. The maximum atomic E-state index is 11.5. The van der Waals surface area contributed by atoms with Crippen molar-refractivity contribution in [3.8, 4) is 0 Å². The summed E-state index contributed by atoms with van der Waals surface area (Å²) in [5.41, 5.74) is -0.620. The molecule has 1 fully saturated rings. The molecule has 0 radical (unpaired) electrons. The quantitative estimate of drug-likeness (QED) is 0.780. The van der Waals surface area contributed by atoms with Gasteiger partial charge in [0.05, 0.1) is 11.6 Å². The van der Waals surface area contributed by atoms with E-state index in [1.54, 1.807) is 6.92 Å². The van der Waals surface area contributed by atoms with E-state index >= 15 is 0 Å². The molecule has 16 heavy (non-hydrogen) atoms. The van der Waals surface area contributed by atoms with Crippen LogP contribution >= 0.6 is 0 Å². The Hall–Kier alpha value is -0.410. The maximum absolute atomic E-state index is 11.5. The predicted molar refractivity (Wildman–Crippen MR) is 65.4 cm³/mol. The van der Waals surface area contributed by atoms with Gasteiger partial charge in [0.1, 0.15) is 5.78 Å². The van der Waals surface area contributed by atoms with Crippen molar-refractivity contribution in [1.82, 2.24) is 4.90 Å². The number of nitrogens with zero attached hydrogens (tertiary/aromatic N) is 1. The van der Waals surface area contributed by atoms with E-state index in [1.165, 1.54) is 0 Å². The fourth-order valence-electron chi connectivity index (χ4n) is 2.49. The summed E-state index contributed by atoms with van der Waals surface area (Å²) in [6.07, 6.45) is 4.75. The van der Waals surface area contributed by atoms with E-state index in [2.05, 4.69) is 4.90 Å². The number of hydrogen-bond donors (Lipinski definition) is 1. The molecule has 0 bridgehead atoms. The van der Waals surface area contributed by atoms with Crippen molar-refractivity contribution in [2.75, 3.05) is 13.1 Å². The van der Waals surface area contributed by atoms with Crippen LogP contribution in [0.15, 0.2) is 0 Å². The first-order valence-corrected chi connectivity index (χ1v) is 6.49. The monoisotopic (exact) mass is 227 g/mol. The van der Waals surface area contributed by atoms with Crippen LogP contribution in [0.4, 0.5) is 0 Å². The smallest absolute Gasteiger partial charge is 0.146 e. The molecule has 0 aromatic carbocycles. The molecule has 0 aromatic rings. The van der Waals surface area contributed by atoms with E-state index in [4.69, 9.17) is 0 Å².